The minimum absolute atomic E-state index is 0.0495. The molecular formula is C48H31NO. The van der Waals surface area contributed by atoms with Crippen LogP contribution in [-0.4, -0.2) is 0 Å². The molecule has 0 fully saturated rings. The van der Waals surface area contributed by atoms with Gasteiger partial charge in [-0.1, -0.05) is 139 Å². The van der Waals surface area contributed by atoms with Crippen molar-refractivity contribution in [3.05, 3.63) is 188 Å². The van der Waals surface area contributed by atoms with Crippen molar-refractivity contribution in [1.82, 2.24) is 0 Å². The number of hydrogen-bond acceptors (Lipinski definition) is 2. The van der Waals surface area contributed by atoms with Gasteiger partial charge < -0.3 is 9.32 Å². The second-order valence-electron chi connectivity index (χ2n) is 12.0. The summed E-state index contributed by atoms with van der Waals surface area (Å²) >= 11 is 0. The standard InChI is InChI=1S/C48H31NO/c1-3-13-32(14-4-1)43-31-37(29-34-15-7-8-18-39(34)43)49(36-16-5-2-6-17-36)45-23-12-21-40-38(20-11-22-41(40)45)35-26-25-33-27-28-47-48(44(33)30-35)42-19-9-10-24-46(42)50-47/h1-31H/i1D,2D,3D,4D,5D,6D,13D,14D,16D,17D,19D,30D. The summed E-state index contributed by atoms with van der Waals surface area (Å²) in [7, 11) is 0. The maximum atomic E-state index is 9.72. The number of nitrogens with zero attached hydrogens (tertiary/aromatic N) is 1. The smallest absolute Gasteiger partial charge is 0.136 e. The average molecular weight is 650 g/mol. The van der Waals surface area contributed by atoms with Crippen LogP contribution in [0.25, 0.3) is 76.5 Å². The van der Waals surface area contributed by atoms with Crippen LogP contribution >= 0.6 is 0 Å². The van der Waals surface area contributed by atoms with Crippen LogP contribution in [-0.2, 0) is 0 Å². The first kappa shape index (κ1) is 18.8. The van der Waals surface area contributed by atoms with Crippen molar-refractivity contribution in [1.29, 1.82) is 0 Å². The summed E-state index contributed by atoms with van der Waals surface area (Å²) in [6.07, 6.45) is 0. The second-order valence-corrected chi connectivity index (χ2v) is 12.0. The molecule has 0 amide bonds. The van der Waals surface area contributed by atoms with Gasteiger partial charge in [0.25, 0.3) is 0 Å². The number of furan rings is 1. The highest BCUT2D eigenvalue weighted by atomic mass is 16.3. The lowest BCUT2D eigenvalue weighted by molar-refractivity contribution is 0.669. The molecule has 1 aromatic heterocycles. The van der Waals surface area contributed by atoms with E-state index in [2.05, 4.69) is 0 Å². The van der Waals surface area contributed by atoms with Crippen LogP contribution in [0.1, 0.15) is 16.4 Å². The third-order valence-electron chi connectivity index (χ3n) is 9.19. The first-order chi connectivity index (χ1) is 29.8. The van der Waals surface area contributed by atoms with Crippen LogP contribution < -0.4 is 4.90 Å². The van der Waals surface area contributed by atoms with Gasteiger partial charge in [0.1, 0.15) is 11.2 Å². The summed E-state index contributed by atoms with van der Waals surface area (Å²) in [5, 5.41) is 5.20. The topological polar surface area (TPSA) is 16.4 Å². The largest absolute Gasteiger partial charge is 0.456 e. The molecule has 0 saturated heterocycles. The molecule has 0 aliphatic heterocycles. The van der Waals surface area contributed by atoms with Crippen molar-refractivity contribution in [2.45, 2.75) is 0 Å². The molecule has 2 nitrogen and oxygen atoms in total. The van der Waals surface area contributed by atoms with E-state index in [1.807, 2.05) is 54.6 Å². The molecule has 0 spiro atoms. The molecule has 0 bridgehead atoms. The Morgan fingerprint density at radius 1 is 0.440 bits per heavy atom. The van der Waals surface area contributed by atoms with Crippen molar-refractivity contribution >= 4 is 71.3 Å². The Hall–Kier alpha value is -6.64. The molecular weight excluding hydrogens is 607 g/mol. The van der Waals surface area contributed by atoms with Crippen LogP contribution in [0.15, 0.2) is 192 Å². The van der Waals surface area contributed by atoms with Gasteiger partial charge in [0.05, 0.1) is 22.1 Å². The van der Waals surface area contributed by atoms with E-state index in [1.165, 1.54) is 0 Å². The van der Waals surface area contributed by atoms with E-state index in [-0.39, 0.29) is 28.9 Å². The van der Waals surface area contributed by atoms with Crippen LogP contribution in [0.5, 0.6) is 0 Å². The molecule has 50 heavy (non-hydrogen) atoms. The second kappa shape index (κ2) is 11.5. The van der Waals surface area contributed by atoms with Gasteiger partial charge in [-0.3, -0.25) is 0 Å². The Bertz CT molecular complexity index is 3520. The van der Waals surface area contributed by atoms with E-state index < -0.39 is 60.4 Å². The minimum atomic E-state index is -0.571. The molecule has 0 aliphatic carbocycles. The predicted octanol–water partition coefficient (Wildman–Crippen LogP) is 13.8. The number of benzene rings is 9. The molecule has 0 unspecified atom stereocenters. The van der Waals surface area contributed by atoms with Crippen molar-refractivity contribution in [2.24, 2.45) is 0 Å². The first-order valence-electron chi connectivity index (χ1n) is 22.1. The van der Waals surface area contributed by atoms with Crippen LogP contribution in [0.4, 0.5) is 17.1 Å². The lowest BCUT2D eigenvalue weighted by Crippen LogP contribution is -2.10. The Kier molecular flexibility index (Phi) is 4.32. The average Bonchev–Trinajstić information content (AvgIpc) is 3.68. The van der Waals surface area contributed by atoms with Gasteiger partial charge in [0, 0.05) is 27.5 Å². The highest BCUT2D eigenvalue weighted by Crippen LogP contribution is 2.44. The minimum Gasteiger partial charge on any atom is -0.456 e. The fourth-order valence-corrected chi connectivity index (χ4v) is 7.02. The molecule has 10 rings (SSSR count). The first-order valence-corrected chi connectivity index (χ1v) is 16.1. The maximum Gasteiger partial charge on any atom is 0.136 e. The number of hydrogen-bond donors (Lipinski definition) is 0. The molecule has 1 heterocycles. The van der Waals surface area contributed by atoms with Crippen LogP contribution in [0.2, 0.25) is 0 Å². The van der Waals surface area contributed by atoms with E-state index in [0.29, 0.717) is 71.4 Å². The number of para-hydroxylation sites is 2. The van der Waals surface area contributed by atoms with Crippen molar-refractivity contribution in [3.8, 4) is 22.3 Å². The number of fused-ring (bicyclic) bond motifs is 7. The van der Waals surface area contributed by atoms with Gasteiger partial charge in [-0.05, 0) is 97.6 Å². The lowest BCUT2D eigenvalue weighted by Gasteiger charge is -2.28. The summed E-state index contributed by atoms with van der Waals surface area (Å²) in [4.78, 5) is 1.57. The zero-order valence-corrected chi connectivity index (χ0v) is 26.3. The van der Waals surface area contributed by atoms with E-state index >= 15 is 0 Å². The number of rotatable bonds is 5. The zero-order chi connectivity index (χ0) is 43.5. The van der Waals surface area contributed by atoms with Gasteiger partial charge >= 0.3 is 0 Å². The molecule has 234 valence electrons. The van der Waals surface area contributed by atoms with Gasteiger partial charge in [0.15, 0.2) is 0 Å². The molecule has 0 saturated carbocycles. The van der Waals surface area contributed by atoms with Crippen molar-refractivity contribution in [3.63, 3.8) is 0 Å². The van der Waals surface area contributed by atoms with Crippen LogP contribution in [0.3, 0.4) is 0 Å². The molecule has 0 atom stereocenters. The van der Waals surface area contributed by atoms with Gasteiger partial charge in [-0.25, -0.2) is 0 Å². The van der Waals surface area contributed by atoms with Crippen molar-refractivity contribution < 1.29 is 20.9 Å². The van der Waals surface area contributed by atoms with Crippen LogP contribution in [0, 0.1) is 0 Å². The molecule has 0 aliphatic rings. The Morgan fingerprint density at radius 3 is 2.10 bits per heavy atom. The predicted molar refractivity (Wildman–Crippen MR) is 212 cm³/mol. The van der Waals surface area contributed by atoms with E-state index in [4.69, 9.17) is 16.8 Å². The third-order valence-corrected chi connectivity index (χ3v) is 9.19. The molecule has 10 aromatic rings. The summed E-state index contributed by atoms with van der Waals surface area (Å²) in [6, 6.07) is 29.9. The molecule has 2 heteroatoms. The van der Waals surface area contributed by atoms with Gasteiger partial charge in [-0.15, -0.1) is 0 Å². The Balaban J connectivity index is 1.28. The van der Waals surface area contributed by atoms with Gasteiger partial charge in [0.2, 0.25) is 0 Å². The van der Waals surface area contributed by atoms with E-state index in [0.717, 1.165) is 5.39 Å². The normalized spacial score (nSPS) is 15.0. The number of anilines is 3. The highest BCUT2D eigenvalue weighted by molar-refractivity contribution is 6.20. The third kappa shape index (κ3) is 4.57. The monoisotopic (exact) mass is 649 g/mol. The lowest BCUT2D eigenvalue weighted by atomic mass is 9.93. The van der Waals surface area contributed by atoms with E-state index in [9.17, 15) is 4.11 Å². The van der Waals surface area contributed by atoms with Gasteiger partial charge in [-0.2, -0.15) is 0 Å². The Labute approximate surface area is 306 Å². The summed E-state index contributed by atoms with van der Waals surface area (Å²) in [6.45, 7) is 0. The zero-order valence-electron chi connectivity index (χ0n) is 38.3. The fraction of sp³-hybridized carbons (Fsp3) is 0. The highest BCUT2D eigenvalue weighted by Gasteiger charge is 2.19. The van der Waals surface area contributed by atoms with Crippen molar-refractivity contribution in [2.75, 3.05) is 4.90 Å². The molecule has 0 N–H and O–H groups in total. The maximum absolute atomic E-state index is 9.72. The summed E-state index contributed by atoms with van der Waals surface area (Å²) in [5.74, 6) is 0. The SMILES string of the molecule is [2H]c1c([2H])c([2H])c(-c2cc(N(c3c([2H])c([2H])c([2H])c([2H])c3[2H])c3cccc4c(-c5ccc6ccc7oc8cccc([2H])c8c7c6c5[2H])cccc34)cc3ccccc23)c([2H])c1[2H]. The summed E-state index contributed by atoms with van der Waals surface area (Å²) < 4.78 is 112. The quantitative estimate of drug-likeness (QED) is 0.184. The molecule has 0 radical (unpaired) electrons. The molecule has 9 aromatic carbocycles. The van der Waals surface area contributed by atoms with E-state index in [1.54, 1.807) is 65.6 Å². The Morgan fingerprint density at radius 2 is 1.20 bits per heavy atom. The summed E-state index contributed by atoms with van der Waals surface area (Å²) in [5.41, 5.74) is 3.18. The fourth-order valence-electron chi connectivity index (χ4n) is 7.02.